The Kier molecular flexibility index (Phi) is 4.68. The fourth-order valence-electron chi connectivity index (χ4n) is 3.16. The van der Waals surface area contributed by atoms with Gasteiger partial charge in [-0.1, -0.05) is 0 Å². The van der Waals surface area contributed by atoms with E-state index in [1.807, 2.05) is 13.1 Å². The van der Waals surface area contributed by atoms with Crippen molar-refractivity contribution in [2.75, 3.05) is 38.3 Å². The van der Waals surface area contributed by atoms with Crippen molar-refractivity contribution in [1.82, 2.24) is 15.0 Å². The number of benzene rings is 1. The molecule has 7 heteroatoms. The average molecular weight is 364 g/mol. The number of anilines is 1. The standard InChI is InChI=1S/C20H20N4O3/c1-13-9-19(24-5-7-27-8-6-24)22-11-15(13)18-12-21-16-4-3-14(20(25)26-2)10-17(16)23-18/h3-4,9-12H,5-8H2,1-2H3. The van der Waals surface area contributed by atoms with Crippen molar-refractivity contribution < 1.29 is 14.3 Å². The van der Waals surface area contributed by atoms with E-state index in [1.54, 1.807) is 24.4 Å². The minimum atomic E-state index is -0.392. The maximum atomic E-state index is 11.8. The Morgan fingerprint density at radius 1 is 1.11 bits per heavy atom. The highest BCUT2D eigenvalue weighted by Crippen LogP contribution is 2.25. The van der Waals surface area contributed by atoms with Gasteiger partial charge < -0.3 is 14.4 Å². The summed E-state index contributed by atoms with van der Waals surface area (Å²) in [5.74, 6) is 0.554. The number of carbonyl (C=O) groups is 1. The van der Waals surface area contributed by atoms with Crippen LogP contribution in [-0.2, 0) is 9.47 Å². The van der Waals surface area contributed by atoms with E-state index in [1.165, 1.54) is 7.11 Å². The highest BCUT2D eigenvalue weighted by atomic mass is 16.5. The van der Waals surface area contributed by atoms with Gasteiger partial charge in [0, 0.05) is 24.8 Å². The molecule has 0 aliphatic carbocycles. The Bertz CT molecular complexity index is 1000. The van der Waals surface area contributed by atoms with Crippen LogP contribution in [0.25, 0.3) is 22.3 Å². The molecule has 2 aromatic heterocycles. The average Bonchev–Trinajstić information content (AvgIpc) is 2.73. The Morgan fingerprint density at radius 2 is 1.93 bits per heavy atom. The van der Waals surface area contributed by atoms with Gasteiger partial charge in [-0.2, -0.15) is 0 Å². The molecule has 0 unspecified atom stereocenters. The maximum absolute atomic E-state index is 11.8. The lowest BCUT2D eigenvalue weighted by Gasteiger charge is -2.28. The van der Waals surface area contributed by atoms with Crippen LogP contribution in [-0.4, -0.2) is 54.3 Å². The van der Waals surface area contributed by atoms with E-state index in [0.29, 0.717) is 11.1 Å². The molecule has 1 aromatic carbocycles. The van der Waals surface area contributed by atoms with Gasteiger partial charge in [-0.05, 0) is 36.8 Å². The summed E-state index contributed by atoms with van der Waals surface area (Å²) >= 11 is 0. The molecule has 0 saturated carbocycles. The molecule has 1 saturated heterocycles. The number of morpholine rings is 1. The minimum Gasteiger partial charge on any atom is -0.465 e. The summed E-state index contributed by atoms with van der Waals surface area (Å²) in [6.45, 7) is 5.18. The third kappa shape index (κ3) is 3.46. The quantitative estimate of drug-likeness (QED) is 0.661. The number of ether oxygens (including phenoxy) is 2. The number of hydrogen-bond donors (Lipinski definition) is 0. The number of aromatic nitrogens is 3. The van der Waals surface area contributed by atoms with Gasteiger partial charge in [-0.3, -0.25) is 4.98 Å². The Balaban J connectivity index is 1.69. The van der Waals surface area contributed by atoms with Gasteiger partial charge in [0.05, 0.1) is 48.8 Å². The summed E-state index contributed by atoms with van der Waals surface area (Å²) in [6, 6.07) is 7.22. The number of fused-ring (bicyclic) bond motifs is 1. The van der Waals surface area contributed by atoms with Crippen LogP contribution in [0.3, 0.4) is 0 Å². The summed E-state index contributed by atoms with van der Waals surface area (Å²) in [5, 5.41) is 0. The maximum Gasteiger partial charge on any atom is 0.337 e. The Morgan fingerprint density at radius 3 is 2.67 bits per heavy atom. The van der Waals surface area contributed by atoms with E-state index >= 15 is 0 Å². The van der Waals surface area contributed by atoms with Crippen molar-refractivity contribution in [3.63, 3.8) is 0 Å². The zero-order valence-electron chi connectivity index (χ0n) is 15.3. The molecule has 3 heterocycles. The summed E-state index contributed by atoms with van der Waals surface area (Å²) in [6.07, 6.45) is 3.57. The second kappa shape index (κ2) is 7.28. The first kappa shape index (κ1) is 17.4. The topological polar surface area (TPSA) is 77.4 Å². The lowest BCUT2D eigenvalue weighted by Crippen LogP contribution is -2.36. The number of hydrogen-bond acceptors (Lipinski definition) is 7. The van der Waals surface area contributed by atoms with E-state index in [4.69, 9.17) is 9.47 Å². The largest absolute Gasteiger partial charge is 0.465 e. The molecule has 7 nitrogen and oxygen atoms in total. The van der Waals surface area contributed by atoms with Gasteiger partial charge in [0.2, 0.25) is 0 Å². The molecule has 138 valence electrons. The van der Waals surface area contributed by atoms with E-state index < -0.39 is 5.97 Å². The van der Waals surface area contributed by atoms with Crippen LogP contribution in [0, 0.1) is 6.92 Å². The zero-order valence-corrected chi connectivity index (χ0v) is 15.3. The van der Waals surface area contributed by atoms with Crippen LogP contribution in [0.1, 0.15) is 15.9 Å². The van der Waals surface area contributed by atoms with Crippen molar-refractivity contribution >= 4 is 22.8 Å². The van der Waals surface area contributed by atoms with Crippen LogP contribution in [0.2, 0.25) is 0 Å². The molecule has 0 radical (unpaired) electrons. The molecule has 0 atom stereocenters. The van der Waals surface area contributed by atoms with Gasteiger partial charge in [0.25, 0.3) is 0 Å². The number of esters is 1. The fraction of sp³-hybridized carbons (Fsp3) is 0.300. The fourth-order valence-corrected chi connectivity index (χ4v) is 3.16. The van der Waals surface area contributed by atoms with Gasteiger partial charge in [0.15, 0.2) is 0 Å². The van der Waals surface area contributed by atoms with Crippen LogP contribution in [0.4, 0.5) is 5.82 Å². The summed E-state index contributed by atoms with van der Waals surface area (Å²) in [4.78, 5) is 27.7. The third-order valence-corrected chi connectivity index (χ3v) is 4.67. The monoisotopic (exact) mass is 364 g/mol. The second-order valence-corrected chi connectivity index (χ2v) is 6.41. The molecule has 1 aliphatic heterocycles. The first-order valence-corrected chi connectivity index (χ1v) is 8.80. The molecule has 1 aliphatic rings. The number of pyridine rings is 1. The molecule has 0 amide bonds. The molecule has 4 rings (SSSR count). The smallest absolute Gasteiger partial charge is 0.337 e. The molecule has 0 bridgehead atoms. The summed E-state index contributed by atoms with van der Waals surface area (Å²) in [7, 11) is 1.36. The summed E-state index contributed by atoms with van der Waals surface area (Å²) < 4.78 is 10.2. The number of aryl methyl sites for hydroxylation is 1. The van der Waals surface area contributed by atoms with E-state index in [0.717, 1.165) is 54.5 Å². The van der Waals surface area contributed by atoms with Crippen molar-refractivity contribution in [1.29, 1.82) is 0 Å². The van der Waals surface area contributed by atoms with Crippen LogP contribution < -0.4 is 4.90 Å². The van der Waals surface area contributed by atoms with Gasteiger partial charge in [-0.15, -0.1) is 0 Å². The molecule has 0 N–H and O–H groups in total. The number of rotatable bonds is 3. The third-order valence-electron chi connectivity index (χ3n) is 4.67. The normalized spacial score (nSPS) is 14.4. The molecule has 1 fully saturated rings. The van der Waals surface area contributed by atoms with E-state index in [2.05, 4.69) is 25.9 Å². The Labute approximate surface area is 157 Å². The highest BCUT2D eigenvalue weighted by molar-refractivity contribution is 5.93. The van der Waals surface area contributed by atoms with Crippen LogP contribution >= 0.6 is 0 Å². The first-order chi connectivity index (χ1) is 13.2. The van der Waals surface area contributed by atoms with Crippen molar-refractivity contribution in [2.45, 2.75) is 6.92 Å². The molecule has 3 aromatic rings. The molecular formula is C20H20N4O3. The van der Waals surface area contributed by atoms with Crippen molar-refractivity contribution in [3.05, 3.63) is 47.8 Å². The SMILES string of the molecule is COC(=O)c1ccc2ncc(-c3cnc(N4CCOCC4)cc3C)nc2c1. The Hall–Kier alpha value is -3.06. The number of carbonyl (C=O) groups excluding carboxylic acids is 1. The van der Waals surface area contributed by atoms with E-state index in [9.17, 15) is 4.79 Å². The van der Waals surface area contributed by atoms with Crippen LogP contribution in [0.5, 0.6) is 0 Å². The van der Waals surface area contributed by atoms with Gasteiger partial charge in [0.1, 0.15) is 5.82 Å². The predicted octanol–water partition coefficient (Wildman–Crippen LogP) is 2.62. The summed E-state index contributed by atoms with van der Waals surface area (Å²) in [5.41, 5.74) is 4.54. The van der Waals surface area contributed by atoms with E-state index in [-0.39, 0.29) is 0 Å². The van der Waals surface area contributed by atoms with Crippen molar-refractivity contribution in [2.24, 2.45) is 0 Å². The predicted molar refractivity (Wildman–Crippen MR) is 102 cm³/mol. The highest BCUT2D eigenvalue weighted by Gasteiger charge is 2.15. The number of nitrogens with zero attached hydrogens (tertiary/aromatic N) is 4. The molecule has 0 spiro atoms. The number of methoxy groups -OCH3 is 1. The lowest BCUT2D eigenvalue weighted by molar-refractivity contribution is 0.0601. The molecular weight excluding hydrogens is 344 g/mol. The zero-order chi connectivity index (χ0) is 18.8. The lowest BCUT2D eigenvalue weighted by atomic mass is 10.1. The van der Waals surface area contributed by atoms with Gasteiger partial charge >= 0.3 is 5.97 Å². The first-order valence-electron chi connectivity index (χ1n) is 8.80. The van der Waals surface area contributed by atoms with Crippen molar-refractivity contribution in [3.8, 4) is 11.3 Å². The molecule has 27 heavy (non-hydrogen) atoms. The second-order valence-electron chi connectivity index (χ2n) is 6.41. The van der Waals surface area contributed by atoms with Gasteiger partial charge in [-0.25, -0.2) is 14.8 Å². The van der Waals surface area contributed by atoms with Crippen LogP contribution in [0.15, 0.2) is 36.7 Å². The minimum absolute atomic E-state index is 0.392.